The molecule has 1 aliphatic carbocycles. The molecule has 1 spiro atoms. The van der Waals surface area contributed by atoms with Gasteiger partial charge < -0.3 is 17.7 Å². The van der Waals surface area contributed by atoms with Crippen LogP contribution in [0.4, 0.5) is 12.9 Å². The Kier molecular flexibility index (Phi) is 1.74. The summed E-state index contributed by atoms with van der Waals surface area (Å²) < 4.78 is 42.2. The highest BCUT2D eigenvalue weighted by Crippen LogP contribution is 2.58. The van der Waals surface area contributed by atoms with E-state index in [9.17, 15) is 17.7 Å². The van der Waals surface area contributed by atoms with Gasteiger partial charge in [-0.2, -0.15) is 0 Å². The monoisotopic (exact) mass is 193 g/mol. The van der Waals surface area contributed by atoms with Gasteiger partial charge in [-0.15, -0.1) is 0 Å². The van der Waals surface area contributed by atoms with Gasteiger partial charge in [-0.05, 0) is 12.8 Å². The number of hydrogen-bond donors (Lipinski definition) is 0. The molecular weight excluding hydrogens is 184 g/mol. The molecule has 1 saturated carbocycles. The van der Waals surface area contributed by atoms with E-state index >= 15 is 0 Å². The van der Waals surface area contributed by atoms with Crippen LogP contribution < -0.4 is 0 Å². The zero-order valence-corrected chi connectivity index (χ0v) is 6.93. The van der Waals surface area contributed by atoms with Gasteiger partial charge in [0.15, 0.2) is 0 Å². The maximum Gasteiger partial charge on any atom is 0.482 e. The predicted molar refractivity (Wildman–Crippen MR) is 40.3 cm³/mol. The average Bonchev–Trinajstić information content (AvgIpc) is 2.48. The van der Waals surface area contributed by atoms with Crippen LogP contribution in [0.1, 0.15) is 12.8 Å². The molecule has 2 nitrogen and oxygen atoms in total. The molecule has 2 fully saturated rings. The Labute approximate surface area is 73.5 Å². The van der Waals surface area contributed by atoms with Crippen LogP contribution in [0.15, 0.2) is 0 Å². The fourth-order valence-corrected chi connectivity index (χ4v) is 2.26. The van der Waals surface area contributed by atoms with E-state index in [4.69, 9.17) is 4.74 Å². The summed E-state index contributed by atoms with van der Waals surface area (Å²) in [6.07, 6.45) is -0.0788. The van der Waals surface area contributed by atoms with Gasteiger partial charge in [-0.1, -0.05) is 5.82 Å². The summed E-state index contributed by atoms with van der Waals surface area (Å²) in [5, 5.41) is 0. The second kappa shape index (κ2) is 2.50. The second-order valence-corrected chi connectivity index (χ2v) is 3.82. The van der Waals surface area contributed by atoms with Crippen LogP contribution in [0.5, 0.6) is 0 Å². The molecule has 0 bridgehead atoms. The molecule has 0 aromatic rings. The van der Waals surface area contributed by atoms with Crippen LogP contribution in [0.2, 0.25) is 5.82 Å². The summed E-state index contributed by atoms with van der Waals surface area (Å²) in [5.41, 5.74) is -1.18. The van der Waals surface area contributed by atoms with E-state index in [1.807, 2.05) is 0 Å². The lowest BCUT2D eigenvalue weighted by Gasteiger charge is -2.49. The van der Waals surface area contributed by atoms with E-state index in [1.54, 1.807) is 0 Å². The standard InChI is InChI=1S/C7H9BF3O2/c9-8(10,11)5-3-6(12)7(5)1-2-13-4-7/h5H,1-4H2/q-1. The first-order chi connectivity index (χ1) is 5.97. The summed E-state index contributed by atoms with van der Waals surface area (Å²) >= 11 is 0. The Morgan fingerprint density at radius 2 is 2.15 bits per heavy atom. The third-order valence-electron chi connectivity index (χ3n) is 3.18. The number of ether oxygens (including phenoxy) is 1. The third-order valence-corrected chi connectivity index (χ3v) is 3.18. The van der Waals surface area contributed by atoms with Crippen molar-refractivity contribution in [2.75, 3.05) is 13.2 Å². The molecule has 0 N–H and O–H groups in total. The maximum atomic E-state index is 12.4. The number of rotatable bonds is 1. The molecular formula is C7H9BF3O2-. The van der Waals surface area contributed by atoms with Crippen molar-refractivity contribution in [1.82, 2.24) is 0 Å². The summed E-state index contributed by atoms with van der Waals surface area (Å²) in [4.78, 5) is 11.1. The molecule has 0 amide bonds. The Morgan fingerprint density at radius 1 is 1.46 bits per heavy atom. The normalized spacial score (nSPS) is 39.6. The average molecular weight is 193 g/mol. The number of halogens is 3. The topological polar surface area (TPSA) is 26.3 Å². The summed E-state index contributed by atoms with van der Waals surface area (Å²) in [7, 11) is 0. The Bertz CT molecular complexity index is 245. The van der Waals surface area contributed by atoms with Crippen molar-refractivity contribution in [2.45, 2.75) is 18.7 Å². The summed E-state index contributed by atoms with van der Waals surface area (Å²) in [6, 6.07) is 0. The highest BCUT2D eigenvalue weighted by molar-refractivity contribution is 6.62. The van der Waals surface area contributed by atoms with Crippen molar-refractivity contribution in [1.29, 1.82) is 0 Å². The van der Waals surface area contributed by atoms with E-state index in [0.29, 0.717) is 0 Å². The van der Waals surface area contributed by atoms with Crippen LogP contribution >= 0.6 is 0 Å². The molecule has 6 heteroatoms. The highest BCUT2D eigenvalue weighted by Gasteiger charge is 2.62. The van der Waals surface area contributed by atoms with Crippen LogP contribution in [-0.2, 0) is 9.53 Å². The van der Waals surface area contributed by atoms with E-state index in [0.717, 1.165) is 0 Å². The van der Waals surface area contributed by atoms with Crippen molar-refractivity contribution in [3.63, 3.8) is 0 Å². The largest absolute Gasteiger partial charge is 0.482 e. The van der Waals surface area contributed by atoms with Crippen LogP contribution in [0, 0.1) is 5.41 Å². The molecule has 74 valence electrons. The zero-order valence-electron chi connectivity index (χ0n) is 6.93. The lowest BCUT2D eigenvalue weighted by atomic mass is 9.45. The molecule has 2 aliphatic rings. The Hall–Kier alpha value is -0.515. The van der Waals surface area contributed by atoms with Crippen molar-refractivity contribution in [3.05, 3.63) is 0 Å². The number of ketones is 1. The van der Waals surface area contributed by atoms with E-state index in [1.165, 1.54) is 0 Å². The minimum atomic E-state index is -4.88. The minimum Gasteiger partial charge on any atom is -0.449 e. The molecule has 0 aromatic carbocycles. The first kappa shape index (κ1) is 9.06. The molecule has 2 unspecified atom stereocenters. The first-order valence-electron chi connectivity index (χ1n) is 4.28. The molecule has 0 aromatic heterocycles. The first-order valence-corrected chi connectivity index (χ1v) is 4.28. The summed E-state index contributed by atoms with van der Waals surface area (Å²) in [5.74, 6) is -1.67. The number of Topliss-reactive ketones (excluding diaryl/α,β-unsaturated/α-hetero) is 1. The fourth-order valence-electron chi connectivity index (χ4n) is 2.26. The molecule has 2 atom stereocenters. The molecule has 1 aliphatic heterocycles. The van der Waals surface area contributed by atoms with E-state index < -0.39 is 18.2 Å². The van der Waals surface area contributed by atoms with Gasteiger partial charge in [-0.3, -0.25) is 4.79 Å². The van der Waals surface area contributed by atoms with Crippen molar-refractivity contribution in [3.8, 4) is 0 Å². The maximum absolute atomic E-state index is 12.4. The van der Waals surface area contributed by atoms with Crippen LogP contribution in [0.25, 0.3) is 0 Å². The number of hydrogen-bond acceptors (Lipinski definition) is 2. The van der Waals surface area contributed by atoms with Crippen LogP contribution in [-0.4, -0.2) is 26.0 Å². The lowest BCUT2D eigenvalue weighted by molar-refractivity contribution is -0.139. The molecule has 0 radical (unpaired) electrons. The predicted octanol–water partition coefficient (Wildman–Crippen LogP) is 1.58. The Balaban J connectivity index is 2.21. The minimum absolute atomic E-state index is 0.0300. The SMILES string of the molecule is O=C1CC([B-](F)(F)F)C12CCOC2. The smallest absolute Gasteiger partial charge is 0.449 e. The molecule has 1 saturated heterocycles. The number of carbonyl (C=O) groups is 1. The van der Waals surface area contributed by atoms with Gasteiger partial charge in [0.25, 0.3) is 0 Å². The van der Waals surface area contributed by atoms with Gasteiger partial charge in [0, 0.05) is 12.0 Å². The third kappa shape index (κ3) is 1.11. The van der Waals surface area contributed by atoms with Crippen molar-refractivity contribution < 1.29 is 22.5 Å². The lowest BCUT2D eigenvalue weighted by Crippen LogP contribution is -2.54. The van der Waals surface area contributed by atoms with Gasteiger partial charge in [0.2, 0.25) is 0 Å². The fraction of sp³-hybridized carbons (Fsp3) is 0.857. The molecule has 13 heavy (non-hydrogen) atoms. The van der Waals surface area contributed by atoms with Gasteiger partial charge in [0.05, 0.1) is 6.61 Å². The van der Waals surface area contributed by atoms with Gasteiger partial charge in [0.1, 0.15) is 5.78 Å². The van der Waals surface area contributed by atoms with Crippen molar-refractivity contribution in [2.24, 2.45) is 5.41 Å². The van der Waals surface area contributed by atoms with Gasteiger partial charge >= 0.3 is 6.98 Å². The van der Waals surface area contributed by atoms with Crippen molar-refractivity contribution >= 4 is 12.8 Å². The van der Waals surface area contributed by atoms with Crippen LogP contribution in [0.3, 0.4) is 0 Å². The zero-order chi connectivity index (χ0) is 9.69. The summed E-state index contributed by atoms with van der Waals surface area (Å²) in [6.45, 7) is -4.62. The molecule has 2 rings (SSSR count). The second-order valence-electron chi connectivity index (χ2n) is 3.82. The van der Waals surface area contributed by atoms with E-state index in [-0.39, 0.29) is 31.8 Å². The highest BCUT2D eigenvalue weighted by atomic mass is 19.4. The number of carbonyl (C=O) groups excluding carboxylic acids is 1. The van der Waals surface area contributed by atoms with E-state index in [2.05, 4.69) is 0 Å². The Morgan fingerprint density at radius 3 is 2.54 bits per heavy atom. The van der Waals surface area contributed by atoms with Gasteiger partial charge in [-0.25, -0.2) is 0 Å². The molecule has 1 heterocycles. The quantitative estimate of drug-likeness (QED) is 0.591.